The molecule has 0 saturated heterocycles. The molecule has 2 heteroatoms. The van der Waals surface area contributed by atoms with Gasteiger partial charge in [-0.1, -0.05) is 90.0 Å². The minimum absolute atomic E-state index is 0.602. The van der Waals surface area contributed by atoms with Crippen molar-refractivity contribution in [2.24, 2.45) is 46.3 Å². The van der Waals surface area contributed by atoms with Crippen LogP contribution < -0.4 is 0 Å². The van der Waals surface area contributed by atoms with Crippen LogP contribution in [0.3, 0.4) is 0 Å². The van der Waals surface area contributed by atoms with Gasteiger partial charge in [0.15, 0.2) is 6.71 Å². The van der Waals surface area contributed by atoms with Gasteiger partial charge in [-0.15, -0.1) is 0 Å². The maximum absolute atomic E-state index is 5.98. The summed E-state index contributed by atoms with van der Waals surface area (Å²) in [5.74, 6) is 7.53. The van der Waals surface area contributed by atoms with E-state index in [0.717, 1.165) is 53.9 Å². The van der Waals surface area contributed by atoms with E-state index in [9.17, 15) is 0 Å². The van der Waals surface area contributed by atoms with Crippen molar-refractivity contribution in [2.45, 2.75) is 85.2 Å². The summed E-state index contributed by atoms with van der Waals surface area (Å²) in [6.07, 6.45) is 9.44. The molecule has 6 fully saturated rings. The summed E-state index contributed by atoms with van der Waals surface area (Å²) in [5.41, 5.74) is 2.99. The third-order valence-electron chi connectivity index (χ3n) is 10.4. The van der Waals surface area contributed by atoms with Crippen LogP contribution in [0.1, 0.15) is 67.2 Å². The first-order valence-electron chi connectivity index (χ1n) is 10.9. The van der Waals surface area contributed by atoms with E-state index >= 15 is 0 Å². The second-order valence-corrected chi connectivity index (χ2v) is 11.8. The predicted octanol–water partition coefficient (Wildman–Crippen LogP) is 7.38. The average Bonchev–Trinajstić information content (AvgIpc) is 2.56. The van der Waals surface area contributed by atoms with Gasteiger partial charge in [-0.05, 0) is 64.7 Å². The van der Waals surface area contributed by atoms with E-state index in [1.807, 2.05) is 0 Å². The molecule has 0 amide bonds. The first-order valence-corrected chi connectivity index (χ1v) is 11.4. The SMILES string of the molecule is C[C@@H]1[C@H]2C[C@@H](C[C@H]1B(C/C=C\Cl)[C@@H]1C[C@@H]3C[C@H]([C@H]1C)C3(C)C)C2(C)C. The minimum atomic E-state index is 0.602. The Morgan fingerprint density at radius 3 is 1.60 bits per heavy atom. The van der Waals surface area contributed by atoms with Gasteiger partial charge in [0.25, 0.3) is 0 Å². The van der Waals surface area contributed by atoms with E-state index in [1.165, 1.54) is 32.0 Å². The van der Waals surface area contributed by atoms with Gasteiger partial charge in [0, 0.05) is 0 Å². The maximum atomic E-state index is 5.98. The van der Waals surface area contributed by atoms with Crippen LogP contribution in [0.25, 0.3) is 0 Å². The third-order valence-corrected chi connectivity index (χ3v) is 10.6. The molecule has 25 heavy (non-hydrogen) atoms. The van der Waals surface area contributed by atoms with Crippen molar-refractivity contribution in [3.8, 4) is 0 Å². The molecule has 6 rings (SSSR count). The van der Waals surface area contributed by atoms with E-state index in [4.69, 9.17) is 11.6 Å². The Kier molecular flexibility index (Phi) is 4.47. The van der Waals surface area contributed by atoms with Crippen LogP contribution in [0.15, 0.2) is 11.6 Å². The summed E-state index contributed by atoms with van der Waals surface area (Å²) < 4.78 is 0. The molecule has 0 spiro atoms. The molecule has 8 atom stereocenters. The highest BCUT2D eigenvalue weighted by Gasteiger charge is 2.61. The standard InChI is InChI=1S/C23H38BCl/c1-14-18-10-16(22(18,3)4)12-20(14)24(8-7-9-25)21-13-17-11-19(15(21)2)23(17,5)6/h7,9,14-21H,8,10-13H2,1-6H3/b9-7-/t14-,15-,16+,17+,18-,19-,20-,21-/m1/s1. The smallest absolute Gasteiger partial charge is 0.0933 e. The molecule has 6 aliphatic carbocycles. The summed E-state index contributed by atoms with van der Waals surface area (Å²) in [4.78, 5) is 0. The second-order valence-electron chi connectivity index (χ2n) is 11.5. The number of rotatable bonds is 4. The molecule has 4 bridgehead atoms. The van der Waals surface area contributed by atoms with E-state index in [0.29, 0.717) is 10.8 Å². The predicted molar refractivity (Wildman–Crippen MR) is 111 cm³/mol. The van der Waals surface area contributed by atoms with Gasteiger partial charge in [-0.25, -0.2) is 0 Å². The minimum Gasteiger partial charge on any atom is -0.0933 e. The van der Waals surface area contributed by atoms with E-state index in [-0.39, 0.29) is 0 Å². The summed E-state index contributed by atoms with van der Waals surface area (Å²) in [6, 6.07) is 0. The second kappa shape index (κ2) is 6.05. The Labute approximate surface area is 161 Å². The topological polar surface area (TPSA) is 0 Å². The van der Waals surface area contributed by atoms with E-state index < -0.39 is 0 Å². The van der Waals surface area contributed by atoms with Crippen LogP contribution >= 0.6 is 11.6 Å². The fourth-order valence-corrected chi connectivity index (χ4v) is 8.49. The zero-order chi connectivity index (χ0) is 18.1. The summed E-state index contributed by atoms with van der Waals surface area (Å²) in [6.45, 7) is 16.2. The van der Waals surface area contributed by atoms with Gasteiger partial charge < -0.3 is 0 Å². The first kappa shape index (κ1) is 18.5. The molecule has 6 aliphatic rings. The number of hydrogen-bond donors (Lipinski definition) is 0. The maximum Gasteiger partial charge on any atom is 0.150 e. The molecular formula is C23H38BCl. The zero-order valence-electron chi connectivity index (χ0n) is 17.3. The normalized spacial score (nSPS) is 49.4. The van der Waals surface area contributed by atoms with Gasteiger partial charge in [-0.2, -0.15) is 0 Å². The quantitative estimate of drug-likeness (QED) is 0.459. The molecule has 6 saturated carbocycles. The average molecular weight is 361 g/mol. The van der Waals surface area contributed by atoms with Crippen LogP contribution in [0.5, 0.6) is 0 Å². The van der Waals surface area contributed by atoms with Crippen molar-refractivity contribution in [1.82, 2.24) is 0 Å². The van der Waals surface area contributed by atoms with Crippen molar-refractivity contribution >= 4 is 18.3 Å². The lowest BCUT2D eigenvalue weighted by atomic mass is 9.20. The largest absolute Gasteiger partial charge is 0.150 e. The highest BCUT2D eigenvalue weighted by atomic mass is 35.5. The Hall–Kier alpha value is 0.0949. The molecule has 140 valence electrons. The molecular weight excluding hydrogens is 323 g/mol. The van der Waals surface area contributed by atoms with Gasteiger partial charge in [0.1, 0.15) is 0 Å². The lowest BCUT2D eigenvalue weighted by Crippen LogP contribution is -2.59. The number of halogens is 1. The van der Waals surface area contributed by atoms with E-state index in [1.54, 1.807) is 5.54 Å². The number of allylic oxidation sites excluding steroid dienone is 1. The van der Waals surface area contributed by atoms with E-state index in [2.05, 4.69) is 47.6 Å². The van der Waals surface area contributed by atoms with Gasteiger partial charge in [0.05, 0.1) is 0 Å². The number of hydrogen-bond acceptors (Lipinski definition) is 0. The lowest BCUT2D eigenvalue weighted by Gasteiger charge is -2.66. The highest BCUT2D eigenvalue weighted by molar-refractivity contribution is 6.63. The summed E-state index contributed by atoms with van der Waals surface area (Å²) in [7, 11) is 0. The Bertz CT molecular complexity index is 508. The molecule has 0 nitrogen and oxygen atoms in total. The van der Waals surface area contributed by atoms with Crippen molar-refractivity contribution < 1.29 is 0 Å². The molecule has 0 heterocycles. The summed E-state index contributed by atoms with van der Waals surface area (Å²) >= 11 is 5.98. The summed E-state index contributed by atoms with van der Waals surface area (Å²) in [5, 5.41) is 0. The van der Waals surface area contributed by atoms with Gasteiger partial charge in [-0.3, -0.25) is 0 Å². The zero-order valence-corrected chi connectivity index (χ0v) is 18.0. The monoisotopic (exact) mass is 360 g/mol. The lowest BCUT2D eigenvalue weighted by molar-refractivity contribution is -0.107. The molecule has 0 aliphatic heterocycles. The first-order chi connectivity index (χ1) is 11.7. The molecule has 0 aromatic heterocycles. The highest BCUT2D eigenvalue weighted by Crippen LogP contribution is 2.69. The van der Waals surface area contributed by atoms with Crippen molar-refractivity contribution in [1.29, 1.82) is 0 Å². The van der Waals surface area contributed by atoms with Crippen molar-refractivity contribution in [3.05, 3.63) is 11.6 Å². The fraction of sp³-hybridized carbons (Fsp3) is 0.913. The van der Waals surface area contributed by atoms with Crippen LogP contribution in [0, 0.1) is 46.3 Å². The Morgan fingerprint density at radius 2 is 1.28 bits per heavy atom. The van der Waals surface area contributed by atoms with Crippen LogP contribution in [-0.2, 0) is 0 Å². The van der Waals surface area contributed by atoms with Crippen LogP contribution in [0.2, 0.25) is 18.0 Å². The molecule has 0 aromatic rings. The van der Waals surface area contributed by atoms with Crippen molar-refractivity contribution in [3.63, 3.8) is 0 Å². The van der Waals surface area contributed by atoms with Crippen LogP contribution in [-0.4, -0.2) is 6.71 Å². The van der Waals surface area contributed by atoms with Gasteiger partial charge in [0.2, 0.25) is 0 Å². The Balaban J connectivity index is 1.56. The van der Waals surface area contributed by atoms with Gasteiger partial charge >= 0.3 is 0 Å². The van der Waals surface area contributed by atoms with Crippen LogP contribution in [0.4, 0.5) is 0 Å². The van der Waals surface area contributed by atoms with Crippen molar-refractivity contribution in [2.75, 3.05) is 0 Å². The molecule has 0 N–H and O–H groups in total. The fourth-order valence-electron chi connectivity index (χ4n) is 8.39. The molecule has 0 aromatic carbocycles. The molecule has 0 unspecified atom stereocenters. The molecule has 0 radical (unpaired) electrons. The number of fused-ring (bicyclic) bond motifs is 4. The Morgan fingerprint density at radius 1 is 0.840 bits per heavy atom. The third kappa shape index (κ3) is 2.54.